The summed E-state index contributed by atoms with van der Waals surface area (Å²) in [5.41, 5.74) is 10.6. The summed E-state index contributed by atoms with van der Waals surface area (Å²) in [6, 6.07) is 0.000741. The lowest BCUT2D eigenvalue weighted by Gasteiger charge is -2.30. The Morgan fingerprint density at radius 3 is 2.30 bits per heavy atom. The minimum Gasteiger partial charge on any atom is -0.394 e. The summed E-state index contributed by atoms with van der Waals surface area (Å²) in [5, 5.41) is 3.08. The van der Waals surface area contributed by atoms with Crippen molar-refractivity contribution >= 4 is 11.5 Å². The molecule has 8 heteroatoms. The van der Waals surface area contributed by atoms with Crippen molar-refractivity contribution in [3.63, 3.8) is 0 Å². The Labute approximate surface area is 116 Å². The summed E-state index contributed by atoms with van der Waals surface area (Å²) in [6.07, 6.45) is 0.0369. The Hall–Kier alpha value is -1.57. The average molecular weight is 291 g/mol. The van der Waals surface area contributed by atoms with Crippen LogP contribution in [-0.4, -0.2) is 29.2 Å². The molecule has 1 aromatic heterocycles. The lowest BCUT2D eigenvalue weighted by atomic mass is 9.85. The van der Waals surface area contributed by atoms with Crippen LogP contribution >= 0.6 is 0 Å². The number of hydrogen-bond donors (Lipinski definition) is 3. The van der Waals surface area contributed by atoms with Crippen LogP contribution in [-0.2, 0) is 0 Å². The first-order valence-corrected chi connectivity index (χ1v) is 6.43. The van der Waals surface area contributed by atoms with E-state index in [2.05, 4.69) is 21.0 Å². The number of nitrogens with zero attached hydrogens (tertiary/aromatic N) is 2. The van der Waals surface area contributed by atoms with Crippen molar-refractivity contribution in [2.75, 3.05) is 18.1 Å². The van der Waals surface area contributed by atoms with Crippen molar-refractivity contribution in [2.24, 2.45) is 11.7 Å². The second-order valence-electron chi connectivity index (χ2n) is 4.56. The molecule has 1 saturated carbocycles. The molecule has 5 N–H and O–H groups in total. The van der Waals surface area contributed by atoms with E-state index < -0.39 is 12.1 Å². The zero-order valence-corrected chi connectivity index (χ0v) is 11.3. The Morgan fingerprint density at radius 2 is 1.80 bits per heavy atom. The molecule has 0 atom stereocenters. The highest BCUT2D eigenvalue weighted by molar-refractivity contribution is 5.59. The minimum absolute atomic E-state index is 0.000741. The van der Waals surface area contributed by atoms with E-state index >= 15 is 0 Å². The van der Waals surface area contributed by atoms with E-state index in [1.54, 1.807) is 0 Å². The van der Waals surface area contributed by atoms with Gasteiger partial charge in [0.15, 0.2) is 5.82 Å². The first-order chi connectivity index (χ1) is 9.47. The number of nitrogens with two attached hydrogens (primary N) is 2. The van der Waals surface area contributed by atoms with Gasteiger partial charge in [-0.3, -0.25) is 0 Å². The van der Waals surface area contributed by atoms with Crippen LogP contribution in [0.4, 0.5) is 24.7 Å². The number of hydrogen-bond acceptors (Lipinski definition) is 5. The predicted octanol–water partition coefficient (Wildman–Crippen LogP) is 2.17. The number of anilines is 2. The third-order valence-corrected chi connectivity index (χ3v) is 3.27. The van der Waals surface area contributed by atoms with Gasteiger partial charge in [-0.05, 0) is 32.7 Å². The van der Waals surface area contributed by atoms with Crippen LogP contribution in [0.25, 0.3) is 0 Å². The van der Waals surface area contributed by atoms with Gasteiger partial charge in [-0.1, -0.05) is 0 Å². The van der Waals surface area contributed by atoms with Gasteiger partial charge in [0.2, 0.25) is 0 Å². The molecular formula is C12H20F3N5. The van der Waals surface area contributed by atoms with E-state index in [0.29, 0.717) is 24.3 Å². The van der Waals surface area contributed by atoms with Crippen LogP contribution in [0.3, 0.4) is 0 Å². The highest BCUT2D eigenvalue weighted by Gasteiger charge is 2.41. The van der Waals surface area contributed by atoms with Gasteiger partial charge in [-0.2, -0.15) is 13.2 Å². The van der Waals surface area contributed by atoms with E-state index in [1.807, 2.05) is 0 Å². The monoisotopic (exact) mass is 291 g/mol. The van der Waals surface area contributed by atoms with Crippen molar-refractivity contribution in [1.82, 2.24) is 9.97 Å². The molecule has 2 rings (SSSR count). The van der Waals surface area contributed by atoms with Gasteiger partial charge in [0, 0.05) is 6.04 Å². The topological polar surface area (TPSA) is 89.9 Å². The molecule has 0 aliphatic heterocycles. The maximum Gasteiger partial charge on any atom is 0.391 e. The van der Waals surface area contributed by atoms with Crippen molar-refractivity contribution in [1.29, 1.82) is 0 Å². The van der Waals surface area contributed by atoms with Crippen molar-refractivity contribution in [3.8, 4) is 0 Å². The fraction of sp³-hybridized carbons (Fsp3) is 0.667. The summed E-state index contributed by atoms with van der Waals surface area (Å²) in [4.78, 5) is 7.73. The van der Waals surface area contributed by atoms with Crippen LogP contribution in [0.1, 0.15) is 25.7 Å². The van der Waals surface area contributed by atoms with E-state index in [1.165, 1.54) is 19.6 Å². The molecular weight excluding hydrogens is 271 g/mol. The standard InChI is InChI=1S/C11H15F3N4.CH5N/c12-11(13,14)7-1-3-8(4-2-7)18-10-9(15)5-16-6-17-10;1-2/h5-8H,1-4,15H2,(H,16,17,18);2H2,1H3. The third-order valence-electron chi connectivity index (χ3n) is 3.27. The molecule has 20 heavy (non-hydrogen) atoms. The fourth-order valence-electron chi connectivity index (χ4n) is 2.22. The summed E-state index contributed by atoms with van der Waals surface area (Å²) in [5.74, 6) is -0.668. The maximum atomic E-state index is 12.5. The molecule has 1 aromatic rings. The Balaban J connectivity index is 0.000000956. The van der Waals surface area contributed by atoms with Gasteiger partial charge in [0.05, 0.1) is 17.8 Å². The smallest absolute Gasteiger partial charge is 0.391 e. The van der Waals surface area contributed by atoms with Crippen molar-refractivity contribution in [2.45, 2.75) is 37.9 Å². The first kappa shape index (κ1) is 16.5. The lowest BCUT2D eigenvalue weighted by molar-refractivity contribution is -0.182. The quantitative estimate of drug-likeness (QED) is 0.777. The van der Waals surface area contributed by atoms with Gasteiger partial charge in [0.1, 0.15) is 6.33 Å². The van der Waals surface area contributed by atoms with Crippen LogP contribution < -0.4 is 16.8 Å². The van der Waals surface area contributed by atoms with E-state index in [-0.39, 0.29) is 18.9 Å². The number of alkyl halides is 3. The zero-order valence-electron chi connectivity index (χ0n) is 11.3. The fourth-order valence-corrected chi connectivity index (χ4v) is 2.22. The van der Waals surface area contributed by atoms with Gasteiger partial charge in [0.25, 0.3) is 0 Å². The molecule has 5 nitrogen and oxygen atoms in total. The molecule has 1 aliphatic carbocycles. The Kier molecular flexibility index (Phi) is 6.00. The average Bonchev–Trinajstić information content (AvgIpc) is 2.43. The van der Waals surface area contributed by atoms with Crippen LogP contribution in [0.5, 0.6) is 0 Å². The lowest BCUT2D eigenvalue weighted by Crippen LogP contribution is -2.33. The number of aromatic nitrogens is 2. The molecule has 0 saturated heterocycles. The van der Waals surface area contributed by atoms with Gasteiger partial charge >= 0.3 is 6.18 Å². The van der Waals surface area contributed by atoms with Gasteiger partial charge in [-0.15, -0.1) is 0 Å². The molecule has 0 spiro atoms. The molecule has 0 amide bonds. The van der Waals surface area contributed by atoms with Crippen LogP contribution in [0, 0.1) is 5.92 Å². The minimum atomic E-state index is -4.07. The molecule has 1 fully saturated rings. The molecule has 0 unspecified atom stereocenters. The largest absolute Gasteiger partial charge is 0.394 e. The number of nitrogen functional groups attached to an aromatic ring is 1. The highest BCUT2D eigenvalue weighted by atomic mass is 19.4. The van der Waals surface area contributed by atoms with Crippen molar-refractivity contribution in [3.05, 3.63) is 12.5 Å². The first-order valence-electron chi connectivity index (χ1n) is 6.43. The number of rotatable bonds is 2. The van der Waals surface area contributed by atoms with E-state index in [0.717, 1.165) is 0 Å². The van der Waals surface area contributed by atoms with Crippen molar-refractivity contribution < 1.29 is 13.2 Å². The summed E-state index contributed by atoms with van der Waals surface area (Å²) in [6.45, 7) is 0. The van der Waals surface area contributed by atoms with Gasteiger partial charge < -0.3 is 16.8 Å². The van der Waals surface area contributed by atoms with Crippen LogP contribution in [0.15, 0.2) is 12.5 Å². The molecule has 0 bridgehead atoms. The van der Waals surface area contributed by atoms with Crippen LogP contribution in [0.2, 0.25) is 0 Å². The normalized spacial score (nSPS) is 22.6. The SMILES string of the molecule is CN.Nc1cncnc1NC1CCC(C(F)(F)F)CC1. The second kappa shape index (κ2) is 7.28. The molecule has 114 valence electrons. The third kappa shape index (κ3) is 4.52. The van der Waals surface area contributed by atoms with E-state index in [4.69, 9.17) is 5.73 Å². The number of nitrogens with one attached hydrogen (secondary N) is 1. The van der Waals surface area contributed by atoms with Gasteiger partial charge in [-0.25, -0.2) is 9.97 Å². The Morgan fingerprint density at radius 1 is 1.20 bits per heavy atom. The zero-order chi connectivity index (χ0) is 15.2. The van der Waals surface area contributed by atoms with E-state index in [9.17, 15) is 13.2 Å². The summed E-state index contributed by atoms with van der Waals surface area (Å²) in [7, 11) is 1.50. The molecule has 0 aromatic carbocycles. The highest BCUT2D eigenvalue weighted by Crippen LogP contribution is 2.38. The summed E-state index contributed by atoms with van der Waals surface area (Å²) >= 11 is 0. The Bertz CT molecular complexity index is 402. The number of halogens is 3. The predicted molar refractivity (Wildman–Crippen MR) is 72.0 cm³/mol. The molecule has 1 heterocycles. The summed E-state index contributed by atoms with van der Waals surface area (Å²) < 4.78 is 37.5. The molecule has 0 radical (unpaired) electrons. The second-order valence-corrected chi connectivity index (χ2v) is 4.56. The maximum absolute atomic E-state index is 12.5. The molecule has 1 aliphatic rings.